The number of guanidine groups is 1. The fourth-order valence-corrected chi connectivity index (χ4v) is 3.59. The summed E-state index contributed by atoms with van der Waals surface area (Å²) in [5.74, 6) is 1.21. The number of nitrogens with two attached hydrogens (primary N) is 1. The van der Waals surface area contributed by atoms with Gasteiger partial charge in [0.2, 0.25) is 0 Å². The van der Waals surface area contributed by atoms with Crippen molar-refractivity contribution in [2.45, 2.75) is 31.8 Å². The van der Waals surface area contributed by atoms with Gasteiger partial charge in [0, 0.05) is 4.88 Å². The zero-order chi connectivity index (χ0) is 14.7. The molecule has 0 bridgehead atoms. The minimum Gasteiger partial charge on any atom is -0.370 e. The largest absolute Gasteiger partial charge is 0.370 e. The summed E-state index contributed by atoms with van der Waals surface area (Å²) in [6.07, 6.45) is 1.08. The third-order valence-electron chi connectivity index (χ3n) is 4.10. The second kappa shape index (κ2) is 6.31. The molecule has 1 aliphatic heterocycles. The second-order valence-corrected chi connectivity index (χ2v) is 6.64. The van der Waals surface area contributed by atoms with E-state index in [9.17, 15) is 0 Å². The molecule has 0 saturated heterocycles. The van der Waals surface area contributed by atoms with Crippen molar-refractivity contribution in [2.75, 3.05) is 6.54 Å². The summed E-state index contributed by atoms with van der Waals surface area (Å²) in [7, 11) is 0. The van der Waals surface area contributed by atoms with Gasteiger partial charge in [-0.25, -0.2) is 0 Å². The summed E-state index contributed by atoms with van der Waals surface area (Å²) >= 11 is 1.78. The van der Waals surface area contributed by atoms with Gasteiger partial charge in [-0.3, -0.25) is 4.99 Å². The summed E-state index contributed by atoms with van der Waals surface area (Å²) in [5.41, 5.74) is 7.47. The Morgan fingerprint density at radius 3 is 2.81 bits per heavy atom. The van der Waals surface area contributed by atoms with Crippen molar-refractivity contribution in [1.29, 1.82) is 0 Å². The molecule has 2 heterocycles. The summed E-state index contributed by atoms with van der Waals surface area (Å²) < 4.78 is 0. The molecule has 2 atom stereocenters. The van der Waals surface area contributed by atoms with Gasteiger partial charge in [-0.1, -0.05) is 43.3 Å². The van der Waals surface area contributed by atoms with Gasteiger partial charge < -0.3 is 10.6 Å². The van der Waals surface area contributed by atoms with Crippen molar-refractivity contribution in [1.82, 2.24) is 4.90 Å². The van der Waals surface area contributed by atoms with Gasteiger partial charge in [0.25, 0.3) is 0 Å². The number of nitrogens with zero attached hydrogens (tertiary/aromatic N) is 2. The topological polar surface area (TPSA) is 41.6 Å². The normalized spacial score (nSPS) is 19.6. The van der Waals surface area contributed by atoms with Crippen molar-refractivity contribution in [3.8, 4) is 0 Å². The van der Waals surface area contributed by atoms with E-state index in [-0.39, 0.29) is 0 Å². The molecule has 0 fully saturated rings. The van der Waals surface area contributed by atoms with Crippen LogP contribution in [0.15, 0.2) is 52.8 Å². The van der Waals surface area contributed by atoms with Crippen molar-refractivity contribution in [3.05, 3.63) is 58.3 Å². The Bertz CT molecular complexity index is 592. The summed E-state index contributed by atoms with van der Waals surface area (Å²) in [6, 6.07) is 15.3. The van der Waals surface area contributed by atoms with Crippen LogP contribution in [-0.4, -0.2) is 23.4 Å². The smallest absolute Gasteiger partial charge is 0.191 e. The van der Waals surface area contributed by atoms with E-state index in [4.69, 9.17) is 5.73 Å². The van der Waals surface area contributed by atoms with Crippen LogP contribution in [0.1, 0.15) is 29.7 Å². The highest BCUT2D eigenvalue weighted by Crippen LogP contribution is 2.26. The van der Waals surface area contributed by atoms with Crippen LogP contribution in [0.3, 0.4) is 0 Å². The molecule has 1 aromatic carbocycles. The lowest BCUT2D eigenvalue weighted by Gasteiger charge is -2.28. The SMILES string of the molecule is CC(CC1CN=C(N)N1Cc1cccs1)c1ccccc1. The molecule has 2 unspecified atom stereocenters. The van der Waals surface area contributed by atoms with E-state index in [0.29, 0.717) is 17.9 Å². The highest BCUT2D eigenvalue weighted by Gasteiger charge is 2.27. The lowest BCUT2D eigenvalue weighted by molar-refractivity contribution is 0.306. The number of hydrogen-bond donors (Lipinski definition) is 1. The first-order chi connectivity index (χ1) is 10.2. The van der Waals surface area contributed by atoms with E-state index in [1.165, 1.54) is 10.4 Å². The highest BCUT2D eigenvalue weighted by molar-refractivity contribution is 7.09. The first-order valence-corrected chi connectivity index (χ1v) is 8.26. The van der Waals surface area contributed by atoms with Gasteiger partial charge >= 0.3 is 0 Å². The number of hydrogen-bond acceptors (Lipinski definition) is 4. The molecular formula is C17H21N3S. The van der Waals surface area contributed by atoms with Crippen LogP contribution in [0.4, 0.5) is 0 Å². The minimum absolute atomic E-state index is 0.405. The van der Waals surface area contributed by atoms with Gasteiger partial charge in [0.1, 0.15) is 0 Å². The van der Waals surface area contributed by atoms with Crippen LogP contribution in [0.2, 0.25) is 0 Å². The molecule has 0 aliphatic carbocycles. The number of thiophene rings is 1. The van der Waals surface area contributed by atoms with Crippen molar-refractivity contribution < 1.29 is 0 Å². The van der Waals surface area contributed by atoms with Crippen LogP contribution in [0, 0.1) is 0 Å². The Morgan fingerprint density at radius 2 is 2.10 bits per heavy atom. The standard InChI is InChI=1S/C17H21N3S/c1-13(14-6-3-2-4-7-14)10-15-11-19-17(18)20(15)12-16-8-5-9-21-16/h2-9,13,15H,10-12H2,1H3,(H2,18,19). The highest BCUT2D eigenvalue weighted by atomic mass is 32.1. The van der Waals surface area contributed by atoms with E-state index in [2.05, 4.69) is 64.7 Å². The summed E-state index contributed by atoms with van der Waals surface area (Å²) in [6.45, 7) is 3.97. The monoisotopic (exact) mass is 299 g/mol. The molecule has 3 nitrogen and oxygen atoms in total. The average molecular weight is 299 g/mol. The predicted octanol–water partition coefficient (Wildman–Crippen LogP) is 3.44. The number of rotatable bonds is 5. The lowest BCUT2D eigenvalue weighted by Crippen LogP contribution is -2.40. The molecule has 4 heteroatoms. The van der Waals surface area contributed by atoms with E-state index >= 15 is 0 Å². The number of benzene rings is 1. The van der Waals surface area contributed by atoms with Crippen LogP contribution < -0.4 is 5.73 Å². The summed E-state index contributed by atoms with van der Waals surface area (Å²) in [5, 5.41) is 2.11. The fourth-order valence-electron chi connectivity index (χ4n) is 2.88. The third kappa shape index (κ3) is 3.27. The molecule has 110 valence electrons. The van der Waals surface area contributed by atoms with E-state index in [0.717, 1.165) is 19.5 Å². The minimum atomic E-state index is 0.405. The maximum absolute atomic E-state index is 6.08. The van der Waals surface area contributed by atoms with E-state index in [1.807, 2.05) is 0 Å². The molecule has 1 aliphatic rings. The maximum Gasteiger partial charge on any atom is 0.191 e. The Labute approximate surface area is 130 Å². The molecule has 2 N–H and O–H groups in total. The maximum atomic E-state index is 6.08. The molecule has 21 heavy (non-hydrogen) atoms. The molecular weight excluding hydrogens is 278 g/mol. The Hall–Kier alpha value is -1.81. The van der Waals surface area contributed by atoms with Crippen LogP contribution in [0.25, 0.3) is 0 Å². The Morgan fingerprint density at radius 1 is 1.29 bits per heavy atom. The van der Waals surface area contributed by atoms with Gasteiger partial charge in [0.05, 0.1) is 19.1 Å². The van der Waals surface area contributed by atoms with Crippen LogP contribution in [0.5, 0.6) is 0 Å². The summed E-state index contributed by atoms with van der Waals surface area (Å²) in [4.78, 5) is 8.05. The third-order valence-corrected chi connectivity index (χ3v) is 4.96. The fraction of sp³-hybridized carbons (Fsp3) is 0.353. The Balaban J connectivity index is 1.67. The van der Waals surface area contributed by atoms with Crippen LogP contribution in [-0.2, 0) is 6.54 Å². The average Bonchev–Trinajstić information content (AvgIpc) is 3.13. The quantitative estimate of drug-likeness (QED) is 0.919. The molecule has 0 amide bonds. The molecule has 3 rings (SSSR count). The molecule has 0 radical (unpaired) electrons. The first-order valence-electron chi connectivity index (χ1n) is 7.38. The number of aliphatic imine (C=N–C) groups is 1. The van der Waals surface area contributed by atoms with E-state index < -0.39 is 0 Å². The molecule has 0 spiro atoms. The Kier molecular flexibility index (Phi) is 4.25. The molecule has 1 aromatic heterocycles. The van der Waals surface area contributed by atoms with Crippen molar-refractivity contribution >= 4 is 17.3 Å². The zero-order valence-electron chi connectivity index (χ0n) is 12.3. The van der Waals surface area contributed by atoms with Gasteiger partial charge in [-0.2, -0.15) is 0 Å². The predicted molar refractivity (Wildman–Crippen MR) is 89.6 cm³/mol. The second-order valence-electron chi connectivity index (χ2n) is 5.61. The van der Waals surface area contributed by atoms with Crippen LogP contribution >= 0.6 is 11.3 Å². The lowest BCUT2D eigenvalue weighted by atomic mass is 9.93. The zero-order valence-corrected chi connectivity index (χ0v) is 13.1. The molecule has 0 saturated carbocycles. The van der Waals surface area contributed by atoms with Crippen molar-refractivity contribution in [3.63, 3.8) is 0 Å². The van der Waals surface area contributed by atoms with Gasteiger partial charge in [-0.15, -0.1) is 11.3 Å². The van der Waals surface area contributed by atoms with E-state index in [1.54, 1.807) is 11.3 Å². The first kappa shape index (κ1) is 14.1. The van der Waals surface area contributed by atoms with Gasteiger partial charge in [0.15, 0.2) is 5.96 Å². The molecule has 2 aromatic rings. The van der Waals surface area contributed by atoms with Crippen molar-refractivity contribution in [2.24, 2.45) is 10.7 Å². The van der Waals surface area contributed by atoms with Gasteiger partial charge in [-0.05, 0) is 29.3 Å².